The second-order valence-corrected chi connectivity index (χ2v) is 8.14. The average molecular weight is 447 g/mol. The maximum Gasteiger partial charge on any atom is 0.274 e. The van der Waals surface area contributed by atoms with E-state index >= 15 is 0 Å². The molecule has 0 saturated carbocycles. The zero-order valence-electron chi connectivity index (χ0n) is 17.8. The number of carbonyl (C=O) groups is 2. The van der Waals surface area contributed by atoms with Gasteiger partial charge in [-0.05, 0) is 26.3 Å². The highest BCUT2D eigenvalue weighted by Gasteiger charge is 2.45. The predicted octanol–water partition coefficient (Wildman–Crippen LogP) is 1.87. The monoisotopic (exact) mass is 447 g/mol. The Kier molecular flexibility index (Phi) is 5.49. The van der Waals surface area contributed by atoms with Crippen molar-refractivity contribution in [3.8, 4) is 5.75 Å². The number of nitrogens with one attached hydrogen (secondary N) is 1. The fraction of sp³-hybridized carbons (Fsp3) is 0.409. The Hall–Kier alpha value is -3.27. The molecule has 2 amide bonds. The van der Waals surface area contributed by atoms with Crippen LogP contribution in [0.5, 0.6) is 5.75 Å². The molecule has 0 bridgehead atoms. The van der Waals surface area contributed by atoms with Crippen LogP contribution in [0, 0.1) is 18.6 Å². The van der Waals surface area contributed by atoms with E-state index in [1.54, 1.807) is 7.05 Å². The molecule has 3 atom stereocenters. The van der Waals surface area contributed by atoms with Crippen LogP contribution in [0.15, 0.2) is 23.1 Å². The molecule has 2 aliphatic heterocycles. The number of pyridine rings is 1. The number of nitrogens with zero attached hydrogens (tertiary/aromatic N) is 2. The molecule has 2 N–H and O–H groups in total. The van der Waals surface area contributed by atoms with Gasteiger partial charge in [0.2, 0.25) is 5.43 Å². The summed E-state index contributed by atoms with van der Waals surface area (Å²) in [7, 11) is 1.58. The van der Waals surface area contributed by atoms with Gasteiger partial charge in [-0.1, -0.05) is 6.07 Å². The third-order valence-corrected chi connectivity index (χ3v) is 6.29. The topological polar surface area (TPSA) is 101 Å². The second kappa shape index (κ2) is 8.01. The lowest BCUT2D eigenvalue weighted by atomic mass is 9.92. The molecule has 4 rings (SSSR count). The van der Waals surface area contributed by atoms with E-state index in [4.69, 9.17) is 4.74 Å². The van der Waals surface area contributed by atoms with Gasteiger partial charge in [0.15, 0.2) is 11.4 Å². The Morgan fingerprint density at radius 2 is 2.03 bits per heavy atom. The summed E-state index contributed by atoms with van der Waals surface area (Å²) in [5.41, 5.74) is -1.67. The molecule has 1 saturated heterocycles. The number of hydrogen-bond donors (Lipinski definition) is 2. The second-order valence-electron chi connectivity index (χ2n) is 8.14. The first-order chi connectivity index (χ1) is 15.1. The van der Waals surface area contributed by atoms with Crippen molar-refractivity contribution in [1.29, 1.82) is 0 Å². The lowest BCUT2D eigenvalue weighted by molar-refractivity contribution is -0.0598. The van der Waals surface area contributed by atoms with Crippen molar-refractivity contribution in [2.45, 2.75) is 45.0 Å². The maximum atomic E-state index is 14.2. The molecule has 1 aromatic heterocycles. The van der Waals surface area contributed by atoms with Crippen LogP contribution >= 0.6 is 0 Å². The van der Waals surface area contributed by atoms with E-state index in [0.29, 0.717) is 13.0 Å². The molecule has 1 fully saturated rings. The molecule has 2 aromatic rings. The summed E-state index contributed by atoms with van der Waals surface area (Å²) in [5.74, 6) is -3.69. The van der Waals surface area contributed by atoms with Crippen molar-refractivity contribution in [2.24, 2.45) is 0 Å². The number of hydrogen-bond acceptors (Lipinski definition) is 5. The zero-order valence-corrected chi connectivity index (χ0v) is 17.8. The highest BCUT2D eigenvalue weighted by molar-refractivity contribution is 5.99. The van der Waals surface area contributed by atoms with Gasteiger partial charge < -0.3 is 24.6 Å². The molecule has 3 heterocycles. The van der Waals surface area contributed by atoms with Gasteiger partial charge in [0, 0.05) is 37.5 Å². The quantitative estimate of drug-likeness (QED) is 0.748. The third kappa shape index (κ3) is 3.35. The fourth-order valence-electron chi connectivity index (χ4n) is 4.52. The molecule has 0 aliphatic carbocycles. The average Bonchev–Trinajstić information content (AvgIpc) is 2.76. The SMILES string of the molecule is Cc1c(F)ccc(CNC(=O)c2cn3c(c(O)c2=O)C(=O)N(C)[C@@H]2[C@H](C)OCC[C@@H]23)c1F. The van der Waals surface area contributed by atoms with Crippen molar-refractivity contribution >= 4 is 11.8 Å². The van der Waals surface area contributed by atoms with Crippen molar-refractivity contribution in [3.63, 3.8) is 0 Å². The number of fused-ring (bicyclic) bond motifs is 3. The van der Waals surface area contributed by atoms with Gasteiger partial charge in [-0.25, -0.2) is 8.78 Å². The summed E-state index contributed by atoms with van der Waals surface area (Å²) in [6.07, 6.45) is 1.50. The fourth-order valence-corrected chi connectivity index (χ4v) is 4.52. The Morgan fingerprint density at radius 1 is 1.31 bits per heavy atom. The van der Waals surface area contributed by atoms with Gasteiger partial charge in [0.05, 0.1) is 18.2 Å². The van der Waals surface area contributed by atoms with Crippen molar-refractivity contribution in [2.75, 3.05) is 13.7 Å². The number of rotatable bonds is 3. The van der Waals surface area contributed by atoms with Gasteiger partial charge in [0.1, 0.15) is 17.2 Å². The molecule has 170 valence electrons. The van der Waals surface area contributed by atoms with Crippen LogP contribution < -0.4 is 10.7 Å². The minimum absolute atomic E-state index is 0.0506. The Bertz CT molecular complexity index is 1180. The molecule has 0 radical (unpaired) electrons. The Labute approximate surface area is 182 Å². The molecule has 10 heteroatoms. The van der Waals surface area contributed by atoms with Crippen LogP contribution in [-0.4, -0.2) is 52.2 Å². The first-order valence-corrected chi connectivity index (χ1v) is 10.2. The van der Waals surface area contributed by atoms with Crippen LogP contribution in [0.3, 0.4) is 0 Å². The minimum Gasteiger partial charge on any atom is -0.503 e. The first kappa shape index (κ1) is 21.9. The van der Waals surface area contributed by atoms with Crippen molar-refractivity contribution in [3.05, 3.63) is 62.6 Å². The summed E-state index contributed by atoms with van der Waals surface area (Å²) in [5, 5.41) is 13.0. The number of ether oxygens (including phenoxy) is 1. The molecule has 2 aliphatic rings. The minimum atomic E-state index is -0.996. The summed E-state index contributed by atoms with van der Waals surface area (Å²) < 4.78 is 34.8. The van der Waals surface area contributed by atoms with Crippen LogP contribution in [-0.2, 0) is 11.3 Å². The van der Waals surface area contributed by atoms with Crippen LogP contribution in [0.2, 0.25) is 0 Å². The van der Waals surface area contributed by atoms with E-state index in [1.165, 1.54) is 28.7 Å². The number of amides is 2. The highest BCUT2D eigenvalue weighted by atomic mass is 19.1. The van der Waals surface area contributed by atoms with Gasteiger partial charge >= 0.3 is 0 Å². The summed E-state index contributed by atoms with van der Waals surface area (Å²) in [4.78, 5) is 39.8. The van der Waals surface area contributed by atoms with Gasteiger partial charge in [-0.3, -0.25) is 14.4 Å². The predicted molar refractivity (Wildman–Crippen MR) is 110 cm³/mol. The smallest absolute Gasteiger partial charge is 0.274 e. The Balaban J connectivity index is 1.69. The van der Waals surface area contributed by atoms with E-state index in [1.807, 2.05) is 6.92 Å². The summed E-state index contributed by atoms with van der Waals surface area (Å²) in [6.45, 7) is 3.25. The molecular formula is C22H23F2N3O5. The largest absolute Gasteiger partial charge is 0.503 e. The molecule has 0 unspecified atom stereocenters. The molecule has 0 spiro atoms. The molecule has 1 aromatic carbocycles. The number of benzene rings is 1. The zero-order chi connectivity index (χ0) is 23.3. The normalized spacial score (nSPS) is 22.3. The van der Waals surface area contributed by atoms with Gasteiger partial charge in [-0.2, -0.15) is 0 Å². The van der Waals surface area contributed by atoms with E-state index in [9.17, 15) is 28.3 Å². The number of aromatic hydroxyl groups is 1. The number of aromatic nitrogens is 1. The number of carbonyl (C=O) groups excluding carboxylic acids is 2. The van der Waals surface area contributed by atoms with Crippen molar-refractivity contribution < 1.29 is 28.2 Å². The lowest BCUT2D eigenvalue weighted by Crippen LogP contribution is -2.57. The van der Waals surface area contributed by atoms with Gasteiger partial charge in [0.25, 0.3) is 11.8 Å². The van der Waals surface area contributed by atoms with Gasteiger partial charge in [-0.15, -0.1) is 0 Å². The third-order valence-electron chi connectivity index (χ3n) is 6.29. The number of halogens is 2. The summed E-state index contributed by atoms with van der Waals surface area (Å²) in [6, 6.07) is 1.66. The van der Waals surface area contributed by atoms with Crippen LogP contribution in [0.4, 0.5) is 8.78 Å². The maximum absolute atomic E-state index is 14.2. The molecular weight excluding hydrogens is 424 g/mol. The highest BCUT2D eigenvalue weighted by Crippen LogP contribution is 2.36. The van der Waals surface area contributed by atoms with E-state index in [0.717, 1.165) is 6.07 Å². The molecule has 8 nitrogen and oxygen atoms in total. The van der Waals surface area contributed by atoms with E-state index < -0.39 is 34.6 Å². The Morgan fingerprint density at radius 3 is 2.75 bits per heavy atom. The molecule has 32 heavy (non-hydrogen) atoms. The van der Waals surface area contributed by atoms with Crippen LogP contribution in [0.25, 0.3) is 0 Å². The first-order valence-electron chi connectivity index (χ1n) is 10.2. The standard InChI is InChI=1S/C22H23F2N3O5/c1-10-14(23)5-4-12(16(10)24)8-25-21(30)13-9-27-15-6-7-32-11(2)17(15)26(3)22(31)18(27)20(29)19(13)28/h4-5,9,11,15,17,29H,6-8H2,1-3H3,(H,25,30)/t11-,15-,17+/m0/s1. The van der Waals surface area contributed by atoms with Crippen LogP contribution in [0.1, 0.15) is 51.4 Å². The van der Waals surface area contributed by atoms with E-state index in [-0.39, 0.29) is 47.1 Å². The number of likely N-dealkylation sites (N-methyl/N-ethyl adjacent to an activating group) is 1. The van der Waals surface area contributed by atoms with Crippen molar-refractivity contribution in [1.82, 2.24) is 14.8 Å². The lowest BCUT2D eigenvalue weighted by Gasteiger charge is -2.47. The van der Waals surface area contributed by atoms with E-state index in [2.05, 4.69) is 5.32 Å². The summed E-state index contributed by atoms with van der Waals surface area (Å²) >= 11 is 0.